The quantitative estimate of drug-likeness (QED) is 0.859. The van der Waals surface area contributed by atoms with Gasteiger partial charge in [-0.25, -0.2) is 0 Å². The third-order valence-electron chi connectivity index (χ3n) is 3.79. The van der Waals surface area contributed by atoms with E-state index in [1.165, 1.54) is 0 Å². The minimum Gasteiger partial charge on any atom is -0.386 e. The Morgan fingerprint density at radius 2 is 1.55 bits per heavy atom. The van der Waals surface area contributed by atoms with Gasteiger partial charge in [-0.3, -0.25) is 0 Å². The van der Waals surface area contributed by atoms with E-state index in [1.54, 1.807) is 0 Å². The summed E-state index contributed by atoms with van der Waals surface area (Å²) >= 11 is 0. The van der Waals surface area contributed by atoms with Crippen LogP contribution < -0.4 is 0 Å². The molecule has 110 valence electrons. The molecule has 0 saturated carbocycles. The molecular weight excluding hydrogens is 270 g/mol. The molecule has 1 heterocycles. The van der Waals surface area contributed by atoms with Crippen molar-refractivity contribution >= 4 is 5.70 Å². The highest BCUT2D eigenvalue weighted by Gasteiger charge is 2.37. The first-order valence-electron chi connectivity index (χ1n) is 7.37. The van der Waals surface area contributed by atoms with Crippen LogP contribution >= 0.6 is 0 Å². The Morgan fingerprint density at radius 3 is 2.09 bits per heavy atom. The SMILES string of the molecule is C=C(c1ccc(C#Cc2ccccc2)cc1)N1CC(C)(O)C1. The molecule has 0 amide bonds. The smallest absolute Gasteiger partial charge is 0.0967 e. The van der Waals surface area contributed by atoms with Gasteiger partial charge in [0.1, 0.15) is 0 Å². The Hall–Kier alpha value is -2.50. The third kappa shape index (κ3) is 3.21. The van der Waals surface area contributed by atoms with E-state index in [0.717, 1.165) is 22.4 Å². The Kier molecular flexibility index (Phi) is 3.75. The van der Waals surface area contributed by atoms with Crippen LogP contribution in [0.25, 0.3) is 5.70 Å². The lowest BCUT2D eigenvalue weighted by Crippen LogP contribution is -2.58. The fourth-order valence-corrected chi connectivity index (χ4v) is 2.56. The van der Waals surface area contributed by atoms with Crippen molar-refractivity contribution in [1.82, 2.24) is 4.90 Å². The Morgan fingerprint density at radius 1 is 1.00 bits per heavy atom. The summed E-state index contributed by atoms with van der Waals surface area (Å²) in [6.45, 7) is 7.24. The minimum atomic E-state index is -0.579. The van der Waals surface area contributed by atoms with Crippen molar-refractivity contribution < 1.29 is 5.11 Å². The Bertz CT molecular complexity index is 725. The van der Waals surface area contributed by atoms with Gasteiger partial charge in [-0.1, -0.05) is 48.8 Å². The maximum atomic E-state index is 9.80. The third-order valence-corrected chi connectivity index (χ3v) is 3.79. The minimum absolute atomic E-state index is 0.579. The summed E-state index contributed by atoms with van der Waals surface area (Å²) in [5.74, 6) is 6.31. The molecule has 1 aliphatic rings. The van der Waals surface area contributed by atoms with Crippen molar-refractivity contribution in [3.8, 4) is 11.8 Å². The second kappa shape index (κ2) is 5.71. The second-order valence-electron chi connectivity index (χ2n) is 5.99. The summed E-state index contributed by atoms with van der Waals surface area (Å²) in [6.07, 6.45) is 0. The fourth-order valence-electron chi connectivity index (χ4n) is 2.56. The molecular formula is C20H19NO. The number of hydrogen-bond acceptors (Lipinski definition) is 2. The Labute approximate surface area is 131 Å². The van der Waals surface area contributed by atoms with E-state index in [0.29, 0.717) is 13.1 Å². The molecule has 0 aromatic heterocycles. The summed E-state index contributed by atoms with van der Waals surface area (Å²) in [5, 5.41) is 9.80. The molecule has 22 heavy (non-hydrogen) atoms. The first-order valence-corrected chi connectivity index (χ1v) is 7.37. The highest BCUT2D eigenvalue weighted by Crippen LogP contribution is 2.28. The van der Waals surface area contributed by atoms with E-state index in [4.69, 9.17) is 0 Å². The van der Waals surface area contributed by atoms with Crippen molar-refractivity contribution in [1.29, 1.82) is 0 Å². The topological polar surface area (TPSA) is 23.5 Å². The fraction of sp³-hybridized carbons (Fsp3) is 0.200. The number of benzene rings is 2. The number of nitrogens with zero attached hydrogens (tertiary/aromatic N) is 1. The molecule has 0 unspecified atom stereocenters. The van der Waals surface area contributed by atoms with Gasteiger partial charge >= 0.3 is 0 Å². The average molecular weight is 289 g/mol. The molecule has 1 aliphatic heterocycles. The number of rotatable bonds is 2. The summed E-state index contributed by atoms with van der Waals surface area (Å²) in [5.41, 5.74) is 3.44. The Balaban J connectivity index is 1.69. The van der Waals surface area contributed by atoms with E-state index >= 15 is 0 Å². The molecule has 0 aliphatic carbocycles. The van der Waals surface area contributed by atoms with Crippen molar-refractivity contribution in [2.75, 3.05) is 13.1 Å². The molecule has 0 spiro atoms. The molecule has 2 aromatic carbocycles. The van der Waals surface area contributed by atoms with Crippen molar-refractivity contribution in [3.05, 3.63) is 77.9 Å². The van der Waals surface area contributed by atoms with Gasteiger partial charge in [-0.2, -0.15) is 0 Å². The summed E-state index contributed by atoms with van der Waals surface area (Å²) in [7, 11) is 0. The molecule has 1 N–H and O–H groups in total. The molecule has 0 atom stereocenters. The van der Waals surface area contributed by atoms with E-state index in [2.05, 4.69) is 23.3 Å². The van der Waals surface area contributed by atoms with Gasteiger partial charge in [0.2, 0.25) is 0 Å². The number of likely N-dealkylation sites (tertiary alicyclic amines) is 1. The first kappa shape index (κ1) is 14.4. The molecule has 1 fully saturated rings. The summed E-state index contributed by atoms with van der Waals surface area (Å²) in [4.78, 5) is 2.09. The van der Waals surface area contributed by atoms with Gasteiger partial charge in [-0.05, 0) is 36.8 Å². The average Bonchev–Trinajstić information content (AvgIpc) is 2.51. The van der Waals surface area contributed by atoms with Crippen molar-refractivity contribution in [3.63, 3.8) is 0 Å². The lowest BCUT2D eigenvalue weighted by Gasteiger charge is -2.46. The van der Waals surface area contributed by atoms with Crippen LogP contribution in [0.1, 0.15) is 23.6 Å². The van der Waals surface area contributed by atoms with Gasteiger partial charge < -0.3 is 10.0 Å². The van der Waals surface area contributed by atoms with Crippen molar-refractivity contribution in [2.24, 2.45) is 0 Å². The lowest BCUT2D eigenvalue weighted by atomic mass is 9.95. The number of aliphatic hydroxyl groups is 1. The van der Waals surface area contributed by atoms with E-state index in [1.807, 2.05) is 61.5 Å². The zero-order valence-corrected chi connectivity index (χ0v) is 12.7. The van der Waals surface area contributed by atoms with Gasteiger partial charge in [0.15, 0.2) is 0 Å². The van der Waals surface area contributed by atoms with Crippen LogP contribution in [-0.2, 0) is 0 Å². The van der Waals surface area contributed by atoms with E-state index in [9.17, 15) is 5.11 Å². The maximum Gasteiger partial charge on any atom is 0.0967 e. The molecule has 1 saturated heterocycles. The molecule has 2 nitrogen and oxygen atoms in total. The van der Waals surface area contributed by atoms with E-state index < -0.39 is 5.60 Å². The number of β-amino-alcohol motifs (C(OH)–C–C–N with tert-alkyl or cyclic N) is 1. The van der Waals surface area contributed by atoms with Crippen LogP contribution in [0.3, 0.4) is 0 Å². The molecule has 2 heteroatoms. The standard InChI is InChI=1S/C20H19NO/c1-16(21-14-20(2,22)15-21)19-12-10-18(11-13-19)9-8-17-6-4-3-5-7-17/h3-7,10-13,22H,1,14-15H2,2H3. The van der Waals surface area contributed by atoms with Crippen LogP contribution in [0.15, 0.2) is 61.2 Å². The van der Waals surface area contributed by atoms with Crippen LogP contribution in [0.5, 0.6) is 0 Å². The largest absolute Gasteiger partial charge is 0.386 e. The highest BCUT2D eigenvalue weighted by atomic mass is 16.3. The summed E-state index contributed by atoms with van der Waals surface area (Å²) in [6, 6.07) is 18.0. The van der Waals surface area contributed by atoms with Gasteiger partial charge in [0, 0.05) is 29.9 Å². The molecule has 0 radical (unpaired) electrons. The predicted molar refractivity (Wildman–Crippen MR) is 90.1 cm³/mol. The van der Waals surface area contributed by atoms with Crippen LogP contribution in [0.4, 0.5) is 0 Å². The van der Waals surface area contributed by atoms with Crippen LogP contribution in [0, 0.1) is 11.8 Å². The number of hydrogen-bond donors (Lipinski definition) is 1. The van der Waals surface area contributed by atoms with Gasteiger partial charge in [0.25, 0.3) is 0 Å². The molecule has 3 rings (SSSR count). The predicted octanol–water partition coefficient (Wildman–Crippen LogP) is 3.12. The zero-order chi connectivity index (χ0) is 15.6. The zero-order valence-electron chi connectivity index (χ0n) is 12.7. The lowest BCUT2D eigenvalue weighted by molar-refractivity contribution is -0.0545. The normalized spacial score (nSPS) is 15.5. The van der Waals surface area contributed by atoms with Gasteiger partial charge in [0.05, 0.1) is 5.60 Å². The molecule has 2 aromatic rings. The first-order chi connectivity index (χ1) is 10.5. The van der Waals surface area contributed by atoms with Gasteiger partial charge in [-0.15, -0.1) is 0 Å². The van der Waals surface area contributed by atoms with Crippen molar-refractivity contribution in [2.45, 2.75) is 12.5 Å². The van der Waals surface area contributed by atoms with Crippen LogP contribution in [0.2, 0.25) is 0 Å². The second-order valence-corrected chi connectivity index (χ2v) is 5.99. The monoisotopic (exact) mass is 289 g/mol. The molecule has 0 bridgehead atoms. The van der Waals surface area contributed by atoms with Crippen LogP contribution in [-0.4, -0.2) is 28.7 Å². The summed E-state index contributed by atoms with van der Waals surface area (Å²) < 4.78 is 0. The highest BCUT2D eigenvalue weighted by molar-refractivity contribution is 5.64. The van der Waals surface area contributed by atoms with E-state index in [-0.39, 0.29) is 0 Å². The maximum absolute atomic E-state index is 9.80.